The van der Waals surface area contributed by atoms with Gasteiger partial charge in [0.2, 0.25) is 15.9 Å². The van der Waals surface area contributed by atoms with Gasteiger partial charge < -0.3 is 10.1 Å². The summed E-state index contributed by atoms with van der Waals surface area (Å²) in [6.07, 6.45) is 0. The van der Waals surface area contributed by atoms with Gasteiger partial charge in [0.1, 0.15) is 5.75 Å². The number of hydrogen-bond donors (Lipinski definition) is 1. The van der Waals surface area contributed by atoms with Gasteiger partial charge in [0.15, 0.2) is 0 Å². The van der Waals surface area contributed by atoms with Crippen molar-refractivity contribution >= 4 is 26.7 Å². The molecule has 3 rings (SSSR count). The van der Waals surface area contributed by atoms with Crippen LogP contribution in [0.4, 0.5) is 0 Å². The summed E-state index contributed by atoms with van der Waals surface area (Å²) in [6.45, 7) is 1.92. The molecule has 0 heterocycles. The molecule has 0 aliphatic heterocycles. The van der Waals surface area contributed by atoms with Crippen molar-refractivity contribution in [2.75, 3.05) is 20.2 Å². The predicted molar refractivity (Wildman–Crippen MR) is 113 cm³/mol. The van der Waals surface area contributed by atoms with Gasteiger partial charge in [0.05, 0.1) is 18.6 Å². The lowest BCUT2D eigenvalue weighted by atomic mass is 10.1. The van der Waals surface area contributed by atoms with E-state index in [1.165, 1.54) is 4.31 Å². The molecule has 0 aliphatic rings. The molecule has 3 aromatic rings. The van der Waals surface area contributed by atoms with Crippen LogP contribution in [0.2, 0.25) is 0 Å². The minimum absolute atomic E-state index is 0.176. The molecule has 1 N–H and O–H groups in total. The first kappa shape index (κ1) is 20.8. The van der Waals surface area contributed by atoms with E-state index in [1.807, 2.05) is 48.5 Å². The SMILES string of the molecule is CCN(CC(=O)NCc1ccccc1OC)S(=O)(=O)c1ccc2ccccc2c1. The van der Waals surface area contributed by atoms with Crippen LogP contribution in [0.3, 0.4) is 0 Å². The van der Waals surface area contributed by atoms with Crippen LogP contribution in [0, 0.1) is 0 Å². The molecular formula is C22H24N2O4S. The van der Waals surface area contributed by atoms with Crippen molar-refractivity contribution in [3.8, 4) is 5.75 Å². The van der Waals surface area contributed by atoms with Crippen LogP contribution in [0.5, 0.6) is 5.75 Å². The third-order valence-electron chi connectivity index (χ3n) is 4.70. The number of benzene rings is 3. The third-order valence-corrected chi connectivity index (χ3v) is 6.62. The molecule has 0 fully saturated rings. The number of carbonyl (C=O) groups excluding carboxylic acids is 1. The Balaban J connectivity index is 1.72. The number of ether oxygens (including phenoxy) is 1. The van der Waals surface area contributed by atoms with Gasteiger partial charge in [0.25, 0.3) is 0 Å². The van der Waals surface area contributed by atoms with Crippen molar-refractivity contribution in [2.45, 2.75) is 18.4 Å². The largest absolute Gasteiger partial charge is 0.496 e. The highest BCUT2D eigenvalue weighted by Gasteiger charge is 2.25. The normalized spacial score (nSPS) is 11.6. The van der Waals surface area contributed by atoms with E-state index in [0.717, 1.165) is 16.3 Å². The number of rotatable bonds is 8. The van der Waals surface area contributed by atoms with Gasteiger partial charge in [-0.3, -0.25) is 4.79 Å². The second kappa shape index (κ2) is 9.07. The summed E-state index contributed by atoms with van der Waals surface area (Å²) < 4.78 is 32.5. The Morgan fingerprint density at radius 1 is 1.00 bits per heavy atom. The third kappa shape index (κ3) is 4.75. The molecule has 0 aliphatic carbocycles. The fourth-order valence-electron chi connectivity index (χ4n) is 3.10. The highest BCUT2D eigenvalue weighted by atomic mass is 32.2. The first-order valence-electron chi connectivity index (χ1n) is 9.33. The maximum Gasteiger partial charge on any atom is 0.243 e. The van der Waals surface area contributed by atoms with Gasteiger partial charge in [0, 0.05) is 18.7 Å². The van der Waals surface area contributed by atoms with E-state index in [4.69, 9.17) is 4.74 Å². The molecule has 0 aromatic heterocycles. The summed E-state index contributed by atoms with van der Waals surface area (Å²) in [5.74, 6) is 0.297. The van der Waals surface area contributed by atoms with E-state index in [1.54, 1.807) is 32.2 Å². The van der Waals surface area contributed by atoms with Gasteiger partial charge in [-0.1, -0.05) is 55.5 Å². The lowest BCUT2D eigenvalue weighted by Crippen LogP contribution is -2.40. The maximum absolute atomic E-state index is 13.0. The van der Waals surface area contributed by atoms with Gasteiger partial charge in [-0.15, -0.1) is 0 Å². The van der Waals surface area contributed by atoms with Crippen molar-refractivity contribution in [1.29, 1.82) is 0 Å². The number of nitrogens with one attached hydrogen (secondary N) is 1. The van der Waals surface area contributed by atoms with Crippen molar-refractivity contribution in [1.82, 2.24) is 9.62 Å². The summed E-state index contributed by atoms with van der Waals surface area (Å²) in [7, 11) is -2.22. The van der Waals surface area contributed by atoms with Crippen LogP contribution in [0.1, 0.15) is 12.5 Å². The zero-order valence-electron chi connectivity index (χ0n) is 16.5. The summed E-state index contributed by atoms with van der Waals surface area (Å²) in [5, 5.41) is 4.57. The fraction of sp³-hybridized carbons (Fsp3) is 0.227. The number of sulfonamides is 1. The van der Waals surface area contributed by atoms with Crippen LogP contribution in [0.15, 0.2) is 71.6 Å². The van der Waals surface area contributed by atoms with Crippen molar-refractivity contribution in [3.05, 3.63) is 72.3 Å². The second-order valence-corrected chi connectivity index (χ2v) is 8.47. The maximum atomic E-state index is 13.0. The number of fused-ring (bicyclic) bond motifs is 1. The monoisotopic (exact) mass is 412 g/mol. The standard InChI is InChI=1S/C22H24N2O4S/c1-3-24(16-22(25)23-15-19-10-6-7-11-21(19)28-2)29(26,27)20-13-12-17-8-4-5-9-18(17)14-20/h4-14H,3,15-16H2,1-2H3,(H,23,25). The molecule has 0 saturated carbocycles. The average Bonchev–Trinajstić information content (AvgIpc) is 2.75. The quantitative estimate of drug-likeness (QED) is 0.617. The Morgan fingerprint density at radius 3 is 2.41 bits per heavy atom. The van der Waals surface area contributed by atoms with Crippen molar-refractivity contribution < 1.29 is 17.9 Å². The Morgan fingerprint density at radius 2 is 1.69 bits per heavy atom. The molecule has 0 atom stereocenters. The van der Waals surface area contributed by atoms with Gasteiger partial charge in [-0.25, -0.2) is 8.42 Å². The number of hydrogen-bond acceptors (Lipinski definition) is 4. The average molecular weight is 413 g/mol. The van der Waals surface area contributed by atoms with Crippen LogP contribution in [-0.4, -0.2) is 38.8 Å². The Hall–Kier alpha value is -2.90. The molecule has 7 heteroatoms. The van der Waals surface area contributed by atoms with E-state index < -0.39 is 10.0 Å². The molecule has 0 radical (unpaired) electrons. The van der Waals surface area contributed by atoms with E-state index in [0.29, 0.717) is 5.75 Å². The van der Waals surface area contributed by atoms with Crippen LogP contribution < -0.4 is 10.1 Å². The molecule has 0 bridgehead atoms. The molecule has 6 nitrogen and oxygen atoms in total. The Bertz CT molecular complexity index is 1110. The van der Waals surface area contributed by atoms with E-state index in [2.05, 4.69) is 5.32 Å². The Kier molecular flexibility index (Phi) is 6.51. The zero-order valence-corrected chi connectivity index (χ0v) is 17.3. The van der Waals surface area contributed by atoms with Crippen LogP contribution in [0.25, 0.3) is 10.8 Å². The number of likely N-dealkylation sites (N-methyl/N-ethyl adjacent to an activating group) is 1. The fourth-order valence-corrected chi connectivity index (χ4v) is 4.54. The number of para-hydroxylation sites is 1. The first-order valence-corrected chi connectivity index (χ1v) is 10.8. The molecule has 29 heavy (non-hydrogen) atoms. The highest BCUT2D eigenvalue weighted by molar-refractivity contribution is 7.89. The van der Waals surface area contributed by atoms with Crippen molar-refractivity contribution in [3.63, 3.8) is 0 Å². The predicted octanol–water partition coefficient (Wildman–Crippen LogP) is 3.18. The second-order valence-electron chi connectivity index (χ2n) is 6.53. The van der Waals surface area contributed by atoms with E-state index in [9.17, 15) is 13.2 Å². The summed E-state index contributed by atoms with van der Waals surface area (Å²) >= 11 is 0. The zero-order chi connectivity index (χ0) is 20.9. The van der Waals surface area contributed by atoms with E-state index in [-0.39, 0.29) is 30.4 Å². The summed E-state index contributed by atoms with van der Waals surface area (Å²) in [5.41, 5.74) is 0.823. The topological polar surface area (TPSA) is 75.7 Å². The van der Waals surface area contributed by atoms with E-state index >= 15 is 0 Å². The van der Waals surface area contributed by atoms with Gasteiger partial charge in [-0.05, 0) is 29.0 Å². The number of amides is 1. The van der Waals surface area contributed by atoms with Crippen LogP contribution >= 0.6 is 0 Å². The smallest absolute Gasteiger partial charge is 0.243 e. The minimum atomic E-state index is -3.79. The lowest BCUT2D eigenvalue weighted by Gasteiger charge is -2.20. The summed E-state index contributed by atoms with van der Waals surface area (Å²) in [6, 6.07) is 19.9. The summed E-state index contributed by atoms with van der Waals surface area (Å²) in [4.78, 5) is 12.6. The number of methoxy groups -OCH3 is 1. The number of carbonyl (C=O) groups is 1. The molecule has 3 aromatic carbocycles. The number of nitrogens with zero attached hydrogens (tertiary/aromatic N) is 1. The lowest BCUT2D eigenvalue weighted by molar-refractivity contribution is -0.121. The molecule has 1 amide bonds. The minimum Gasteiger partial charge on any atom is -0.496 e. The highest BCUT2D eigenvalue weighted by Crippen LogP contribution is 2.22. The molecule has 0 unspecified atom stereocenters. The van der Waals surface area contributed by atoms with Crippen LogP contribution in [-0.2, 0) is 21.4 Å². The Labute approximate surface area is 171 Å². The van der Waals surface area contributed by atoms with Gasteiger partial charge in [-0.2, -0.15) is 4.31 Å². The van der Waals surface area contributed by atoms with Gasteiger partial charge >= 0.3 is 0 Å². The first-order chi connectivity index (χ1) is 14.0. The molecule has 152 valence electrons. The molecular weight excluding hydrogens is 388 g/mol. The van der Waals surface area contributed by atoms with Crippen molar-refractivity contribution in [2.24, 2.45) is 0 Å². The molecule has 0 spiro atoms. The molecule has 0 saturated heterocycles.